The van der Waals surface area contributed by atoms with E-state index in [1.54, 1.807) is 43.2 Å². The number of aromatic nitrogens is 2. The van der Waals surface area contributed by atoms with Gasteiger partial charge in [-0.25, -0.2) is 0 Å². The van der Waals surface area contributed by atoms with E-state index in [0.717, 1.165) is 12.8 Å². The number of likely N-dealkylation sites (tertiary alicyclic amines) is 1. The lowest BCUT2D eigenvalue weighted by Crippen LogP contribution is -2.47. The van der Waals surface area contributed by atoms with Crippen molar-refractivity contribution in [2.24, 2.45) is 0 Å². The second-order valence-corrected chi connectivity index (χ2v) is 6.25. The Hall–Kier alpha value is -2.90. The number of nitrogens with zero attached hydrogens (tertiary/aromatic N) is 3. The van der Waals surface area contributed by atoms with Crippen LogP contribution in [0.3, 0.4) is 0 Å². The first-order chi connectivity index (χ1) is 12.6. The first-order valence-corrected chi connectivity index (χ1v) is 8.59. The van der Waals surface area contributed by atoms with Gasteiger partial charge in [-0.1, -0.05) is 11.2 Å². The number of amides is 2. The third-order valence-electron chi connectivity index (χ3n) is 4.31. The van der Waals surface area contributed by atoms with Crippen LogP contribution in [0, 0.1) is 6.92 Å². The van der Waals surface area contributed by atoms with Crippen molar-refractivity contribution in [1.82, 2.24) is 20.4 Å². The van der Waals surface area contributed by atoms with Crippen molar-refractivity contribution in [1.29, 1.82) is 0 Å². The van der Waals surface area contributed by atoms with E-state index in [1.807, 2.05) is 0 Å². The zero-order valence-corrected chi connectivity index (χ0v) is 14.9. The number of methoxy groups -OCH3 is 1. The lowest BCUT2D eigenvalue weighted by molar-refractivity contribution is -0.133. The van der Waals surface area contributed by atoms with Crippen molar-refractivity contribution >= 4 is 11.8 Å². The third kappa shape index (κ3) is 4.19. The van der Waals surface area contributed by atoms with Gasteiger partial charge in [0.1, 0.15) is 18.3 Å². The van der Waals surface area contributed by atoms with Gasteiger partial charge in [0.2, 0.25) is 11.8 Å². The van der Waals surface area contributed by atoms with Crippen molar-refractivity contribution < 1.29 is 18.8 Å². The minimum absolute atomic E-state index is 0.130. The van der Waals surface area contributed by atoms with Crippen LogP contribution < -0.4 is 10.1 Å². The first kappa shape index (κ1) is 17.9. The number of benzene rings is 1. The summed E-state index contributed by atoms with van der Waals surface area (Å²) in [6.07, 6.45) is 2.33. The van der Waals surface area contributed by atoms with E-state index in [0.29, 0.717) is 36.0 Å². The van der Waals surface area contributed by atoms with E-state index in [1.165, 1.54) is 0 Å². The normalized spacial score (nSPS) is 17.7. The topological polar surface area (TPSA) is 97.6 Å². The Labute approximate surface area is 151 Å². The molecule has 0 aliphatic carbocycles. The largest absolute Gasteiger partial charge is 0.497 e. The summed E-state index contributed by atoms with van der Waals surface area (Å²) in [5.74, 6) is 1.10. The number of carbonyl (C=O) groups excluding carboxylic acids is 2. The van der Waals surface area contributed by atoms with Crippen LogP contribution in [0.2, 0.25) is 0 Å². The van der Waals surface area contributed by atoms with Gasteiger partial charge in [0.05, 0.1) is 7.11 Å². The van der Waals surface area contributed by atoms with Crippen molar-refractivity contribution in [2.75, 3.05) is 13.7 Å². The molecule has 1 aromatic carbocycles. The minimum Gasteiger partial charge on any atom is -0.497 e. The summed E-state index contributed by atoms with van der Waals surface area (Å²) in [7, 11) is 1.54. The van der Waals surface area contributed by atoms with Gasteiger partial charge in [0, 0.05) is 12.1 Å². The molecule has 1 fully saturated rings. The highest BCUT2D eigenvalue weighted by atomic mass is 16.5. The quantitative estimate of drug-likeness (QED) is 0.874. The van der Waals surface area contributed by atoms with E-state index in [-0.39, 0.29) is 18.4 Å². The molecule has 2 aromatic rings. The molecule has 0 saturated carbocycles. The van der Waals surface area contributed by atoms with Crippen LogP contribution >= 0.6 is 0 Å². The van der Waals surface area contributed by atoms with Gasteiger partial charge in [-0.15, -0.1) is 0 Å². The maximum Gasteiger partial charge on any atom is 0.252 e. The lowest BCUT2D eigenvalue weighted by atomic mass is 10.1. The highest BCUT2D eigenvalue weighted by molar-refractivity contribution is 5.97. The smallest absolute Gasteiger partial charge is 0.252 e. The SMILES string of the molecule is COc1cccc(C(=O)NC2CCCCN(Cc3nc(C)no3)C2=O)c1. The van der Waals surface area contributed by atoms with E-state index in [4.69, 9.17) is 9.26 Å². The molecule has 3 rings (SSSR count). The molecule has 1 unspecified atom stereocenters. The van der Waals surface area contributed by atoms with Gasteiger partial charge in [0.15, 0.2) is 5.82 Å². The lowest BCUT2D eigenvalue weighted by Gasteiger charge is -2.23. The van der Waals surface area contributed by atoms with Gasteiger partial charge >= 0.3 is 0 Å². The van der Waals surface area contributed by atoms with Gasteiger partial charge in [-0.3, -0.25) is 9.59 Å². The molecule has 1 aliphatic rings. The molecule has 1 aliphatic heterocycles. The second-order valence-electron chi connectivity index (χ2n) is 6.25. The Balaban J connectivity index is 1.69. The standard InChI is InChI=1S/C18H22N4O4/c1-12-19-16(26-21-12)11-22-9-4-3-8-15(18(22)24)20-17(23)13-6-5-7-14(10-13)25-2/h5-7,10,15H,3-4,8-9,11H2,1-2H3,(H,20,23). The van der Waals surface area contributed by atoms with Gasteiger partial charge < -0.3 is 19.5 Å². The zero-order chi connectivity index (χ0) is 18.5. The van der Waals surface area contributed by atoms with Gasteiger partial charge in [-0.2, -0.15) is 4.98 Å². The fraction of sp³-hybridized carbons (Fsp3) is 0.444. The number of nitrogens with one attached hydrogen (secondary N) is 1. The molecule has 2 amide bonds. The predicted octanol–water partition coefficient (Wildman–Crippen LogP) is 1.70. The number of carbonyl (C=O) groups is 2. The number of ether oxygens (including phenoxy) is 1. The van der Waals surface area contributed by atoms with E-state index in [9.17, 15) is 9.59 Å². The Bertz CT molecular complexity index is 789. The van der Waals surface area contributed by atoms with Crippen LogP contribution in [0.4, 0.5) is 0 Å². The summed E-state index contributed by atoms with van der Waals surface area (Å²) in [6.45, 7) is 2.59. The van der Waals surface area contributed by atoms with Crippen LogP contribution in [-0.4, -0.2) is 46.6 Å². The minimum atomic E-state index is -0.569. The molecule has 8 nitrogen and oxygen atoms in total. The van der Waals surface area contributed by atoms with Crippen molar-refractivity contribution in [3.05, 3.63) is 41.5 Å². The maximum atomic E-state index is 12.8. The molecular formula is C18H22N4O4. The summed E-state index contributed by atoms with van der Waals surface area (Å²) in [4.78, 5) is 31.2. The molecule has 0 spiro atoms. The summed E-state index contributed by atoms with van der Waals surface area (Å²) in [5, 5.41) is 6.59. The van der Waals surface area contributed by atoms with Crippen molar-refractivity contribution in [3.63, 3.8) is 0 Å². The first-order valence-electron chi connectivity index (χ1n) is 8.59. The number of aryl methyl sites for hydroxylation is 1. The fourth-order valence-corrected chi connectivity index (χ4v) is 2.97. The van der Waals surface area contributed by atoms with E-state index >= 15 is 0 Å². The van der Waals surface area contributed by atoms with Crippen molar-refractivity contribution in [2.45, 2.75) is 38.8 Å². The molecule has 26 heavy (non-hydrogen) atoms. The van der Waals surface area contributed by atoms with E-state index < -0.39 is 6.04 Å². The highest BCUT2D eigenvalue weighted by Crippen LogP contribution is 2.17. The Morgan fingerprint density at radius 1 is 1.42 bits per heavy atom. The summed E-state index contributed by atoms with van der Waals surface area (Å²) < 4.78 is 10.3. The van der Waals surface area contributed by atoms with Crippen molar-refractivity contribution in [3.8, 4) is 5.75 Å². The van der Waals surface area contributed by atoms with Crippen LogP contribution in [-0.2, 0) is 11.3 Å². The average molecular weight is 358 g/mol. The predicted molar refractivity (Wildman–Crippen MR) is 92.6 cm³/mol. The number of hydrogen-bond donors (Lipinski definition) is 1. The molecule has 1 aromatic heterocycles. The third-order valence-corrected chi connectivity index (χ3v) is 4.31. The monoisotopic (exact) mass is 358 g/mol. The summed E-state index contributed by atoms with van der Waals surface area (Å²) >= 11 is 0. The molecule has 8 heteroatoms. The molecule has 1 N–H and O–H groups in total. The molecule has 1 atom stereocenters. The second kappa shape index (κ2) is 7.99. The summed E-state index contributed by atoms with van der Waals surface area (Å²) in [5.41, 5.74) is 0.459. The van der Waals surface area contributed by atoms with E-state index in [2.05, 4.69) is 15.5 Å². The molecule has 0 radical (unpaired) electrons. The zero-order valence-electron chi connectivity index (χ0n) is 14.9. The van der Waals surface area contributed by atoms with Crippen LogP contribution in [0.1, 0.15) is 41.3 Å². The van der Waals surface area contributed by atoms with Gasteiger partial charge in [0.25, 0.3) is 5.91 Å². The molecule has 2 heterocycles. The Morgan fingerprint density at radius 2 is 2.27 bits per heavy atom. The van der Waals surface area contributed by atoms with Crippen LogP contribution in [0.15, 0.2) is 28.8 Å². The fourth-order valence-electron chi connectivity index (χ4n) is 2.97. The number of rotatable bonds is 5. The Morgan fingerprint density at radius 3 is 3.00 bits per heavy atom. The van der Waals surface area contributed by atoms with Crippen LogP contribution in [0.5, 0.6) is 5.75 Å². The molecule has 1 saturated heterocycles. The molecule has 0 bridgehead atoms. The van der Waals surface area contributed by atoms with Gasteiger partial charge in [-0.05, 0) is 44.4 Å². The highest BCUT2D eigenvalue weighted by Gasteiger charge is 2.29. The maximum absolute atomic E-state index is 12.8. The van der Waals surface area contributed by atoms with Crippen LogP contribution in [0.25, 0.3) is 0 Å². The number of hydrogen-bond acceptors (Lipinski definition) is 6. The summed E-state index contributed by atoms with van der Waals surface area (Å²) in [6, 6.07) is 6.28. The Kier molecular flexibility index (Phi) is 5.50. The average Bonchev–Trinajstić information content (AvgIpc) is 2.99. The molecule has 138 valence electrons. The molecular weight excluding hydrogens is 336 g/mol.